The Morgan fingerprint density at radius 1 is 0.652 bits per heavy atom. The van der Waals surface area contributed by atoms with Gasteiger partial charge in [-0.15, -0.1) is 0 Å². The van der Waals surface area contributed by atoms with Gasteiger partial charge in [-0.25, -0.2) is 0 Å². The van der Waals surface area contributed by atoms with Gasteiger partial charge in [-0.2, -0.15) is 0 Å². The molecule has 138 valence electrons. The lowest BCUT2D eigenvalue weighted by molar-refractivity contribution is -0.908. The summed E-state index contributed by atoms with van der Waals surface area (Å²) in [4.78, 5) is 5.02. The van der Waals surface area contributed by atoms with E-state index in [9.17, 15) is 0 Å². The predicted octanol–water partition coefficient (Wildman–Crippen LogP) is 3.84. The van der Waals surface area contributed by atoms with Crippen LogP contribution in [0.2, 0.25) is 0 Å². The Labute approximate surface area is 146 Å². The van der Waals surface area contributed by atoms with E-state index in [4.69, 9.17) is 0 Å². The van der Waals surface area contributed by atoms with Crippen molar-refractivity contribution in [3.05, 3.63) is 0 Å². The van der Waals surface area contributed by atoms with Gasteiger partial charge < -0.3 is 4.48 Å². The second-order valence-corrected chi connectivity index (χ2v) is 8.23. The molecule has 0 bridgehead atoms. The van der Waals surface area contributed by atoms with E-state index < -0.39 is 0 Å². The number of rotatable bonds is 10. The molecule has 0 amide bonds. The molecule has 0 aromatic heterocycles. The third-order valence-electron chi connectivity index (χ3n) is 5.71. The molecule has 3 heteroatoms. The first-order chi connectivity index (χ1) is 11.1. The van der Waals surface area contributed by atoms with Crippen molar-refractivity contribution in [2.24, 2.45) is 0 Å². The summed E-state index contributed by atoms with van der Waals surface area (Å²) in [5, 5.41) is 0. The zero-order valence-corrected chi connectivity index (χ0v) is 16.7. The van der Waals surface area contributed by atoms with Crippen LogP contribution in [0.1, 0.15) is 64.7 Å². The molecule has 1 aliphatic rings. The Hall–Kier alpha value is -0.120. The average molecular weight is 327 g/mol. The van der Waals surface area contributed by atoms with E-state index in [1.807, 2.05) is 0 Å². The highest BCUT2D eigenvalue weighted by atomic mass is 15.4. The van der Waals surface area contributed by atoms with Gasteiger partial charge in [0.15, 0.2) is 0 Å². The van der Waals surface area contributed by atoms with Crippen LogP contribution in [0.15, 0.2) is 0 Å². The third-order valence-corrected chi connectivity index (χ3v) is 5.71. The molecule has 0 N–H and O–H groups in total. The molecular weight excluding hydrogens is 282 g/mol. The minimum atomic E-state index is 1.22. The summed E-state index contributed by atoms with van der Waals surface area (Å²) in [6, 6.07) is 0. The first kappa shape index (κ1) is 20.9. The highest BCUT2D eigenvalue weighted by Crippen LogP contribution is 2.13. The van der Waals surface area contributed by atoms with Gasteiger partial charge >= 0.3 is 0 Å². The lowest BCUT2D eigenvalue weighted by Gasteiger charge is -2.35. The molecule has 0 radical (unpaired) electrons. The van der Waals surface area contributed by atoms with Crippen LogP contribution in [0, 0.1) is 0 Å². The molecule has 0 spiro atoms. The smallest absolute Gasteiger partial charge is 0.0914 e. The highest BCUT2D eigenvalue weighted by Gasteiger charge is 2.23. The third kappa shape index (κ3) is 10.4. The number of hydrogen-bond donors (Lipinski definition) is 0. The van der Waals surface area contributed by atoms with E-state index >= 15 is 0 Å². The monoisotopic (exact) mass is 326 g/mol. The van der Waals surface area contributed by atoms with E-state index in [0.717, 1.165) is 0 Å². The van der Waals surface area contributed by atoms with Crippen molar-refractivity contribution in [3.63, 3.8) is 0 Å². The van der Waals surface area contributed by atoms with E-state index in [1.165, 1.54) is 108 Å². The molecule has 0 atom stereocenters. The number of quaternary nitrogens is 1. The minimum absolute atomic E-state index is 1.22. The van der Waals surface area contributed by atoms with Gasteiger partial charge in [0.25, 0.3) is 0 Å². The van der Waals surface area contributed by atoms with Gasteiger partial charge in [0, 0.05) is 26.2 Å². The second kappa shape index (κ2) is 12.3. The molecule has 0 unspecified atom stereocenters. The molecular formula is C20H44N3+. The number of hydrogen-bond acceptors (Lipinski definition) is 2. The van der Waals surface area contributed by atoms with Crippen molar-refractivity contribution < 1.29 is 4.48 Å². The Balaban J connectivity index is 2.15. The summed E-state index contributed by atoms with van der Waals surface area (Å²) in [6.45, 7) is 11.2. The highest BCUT2D eigenvalue weighted by molar-refractivity contribution is 4.61. The number of unbranched alkanes of at least 4 members (excludes halogenated alkanes) is 8. The summed E-state index contributed by atoms with van der Waals surface area (Å²) in [7, 11) is 7.04. The zero-order valence-electron chi connectivity index (χ0n) is 16.7. The summed E-state index contributed by atoms with van der Waals surface area (Å²) < 4.78 is 1.27. The van der Waals surface area contributed by atoms with Crippen LogP contribution >= 0.6 is 0 Å². The van der Waals surface area contributed by atoms with Crippen LogP contribution in [0.5, 0.6) is 0 Å². The Bertz CT molecular complexity index is 266. The Morgan fingerprint density at radius 3 is 1.57 bits per heavy atom. The SMILES string of the molecule is CCCCCCCCCCC[N+]1(C)CCN(C)CCN(C)CC1. The Morgan fingerprint density at radius 2 is 1.09 bits per heavy atom. The predicted molar refractivity (Wildman–Crippen MR) is 103 cm³/mol. The van der Waals surface area contributed by atoms with Gasteiger partial charge in [0.05, 0.1) is 26.7 Å². The normalized spacial score (nSPS) is 20.9. The van der Waals surface area contributed by atoms with Crippen LogP contribution in [-0.2, 0) is 0 Å². The molecule has 0 aromatic rings. The summed E-state index contributed by atoms with van der Waals surface area (Å²) >= 11 is 0. The van der Waals surface area contributed by atoms with Gasteiger partial charge in [0.2, 0.25) is 0 Å². The standard InChI is InChI=1S/C20H44N3/c1-5-6-7-8-9-10-11-12-13-18-23(4)19-16-21(2)14-15-22(3)17-20-23/h5-20H2,1-4H3/q+1. The molecule has 0 aromatic carbocycles. The summed E-state index contributed by atoms with van der Waals surface area (Å²) in [6.07, 6.45) is 12.9. The fourth-order valence-corrected chi connectivity index (χ4v) is 3.53. The van der Waals surface area contributed by atoms with Gasteiger partial charge in [-0.1, -0.05) is 51.9 Å². The molecule has 0 saturated carbocycles. The fraction of sp³-hybridized carbons (Fsp3) is 1.00. The number of nitrogens with zero attached hydrogens (tertiary/aromatic N) is 3. The van der Waals surface area contributed by atoms with Crippen LogP contribution < -0.4 is 0 Å². The van der Waals surface area contributed by atoms with Gasteiger partial charge in [-0.3, -0.25) is 9.80 Å². The number of likely N-dealkylation sites (N-methyl/N-ethyl adjacent to an activating group) is 3. The maximum Gasteiger partial charge on any atom is 0.0914 e. The molecule has 0 aliphatic carbocycles. The minimum Gasteiger partial charge on any atom is -0.324 e. The van der Waals surface area contributed by atoms with Crippen LogP contribution in [0.25, 0.3) is 0 Å². The Kier molecular flexibility index (Phi) is 11.2. The molecule has 1 heterocycles. The lowest BCUT2D eigenvalue weighted by Crippen LogP contribution is -2.50. The van der Waals surface area contributed by atoms with Crippen LogP contribution in [0.4, 0.5) is 0 Å². The second-order valence-electron chi connectivity index (χ2n) is 8.23. The fourth-order valence-electron chi connectivity index (χ4n) is 3.53. The van der Waals surface area contributed by atoms with Gasteiger partial charge in [0.1, 0.15) is 0 Å². The van der Waals surface area contributed by atoms with E-state index in [1.54, 1.807) is 0 Å². The maximum absolute atomic E-state index is 2.51. The van der Waals surface area contributed by atoms with Crippen molar-refractivity contribution >= 4 is 0 Å². The van der Waals surface area contributed by atoms with Crippen molar-refractivity contribution in [1.29, 1.82) is 0 Å². The van der Waals surface area contributed by atoms with Crippen molar-refractivity contribution in [2.45, 2.75) is 64.7 Å². The largest absolute Gasteiger partial charge is 0.324 e. The molecule has 3 nitrogen and oxygen atoms in total. The first-order valence-electron chi connectivity index (χ1n) is 10.3. The molecule has 1 rings (SSSR count). The topological polar surface area (TPSA) is 6.48 Å². The maximum atomic E-state index is 2.51. The lowest BCUT2D eigenvalue weighted by atomic mass is 10.1. The van der Waals surface area contributed by atoms with Crippen molar-refractivity contribution in [2.75, 3.05) is 67.0 Å². The quantitative estimate of drug-likeness (QED) is 0.444. The molecule has 1 aliphatic heterocycles. The van der Waals surface area contributed by atoms with Crippen molar-refractivity contribution in [3.8, 4) is 0 Å². The van der Waals surface area contributed by atoms with E-state index in [0.29, 0.717) is 0 Å². The van der Waals surface area contributed by atoms with Crippen LogP contribution in [-0.4, -0.2) is 81.2 Å². The molecule has 1 saturated heterocycles. The molecule has 1 fully saturated rings. The van der Waals surface area contributed by atoms with Crippen molar-refractivity contribution in [1.82, 2.24) is 9.80 Å². The summed E-state index contributed by atoms with van der Waals surface area (Å²) in [5.74, 6) is 0. The van der Waals surface area contributed by atoms with Gasteiger partial charge in [-0.05, 0) is 26.9 Å². The molecule has 23 heavy (non-hydrogen) atoms. The first-order valence-corrected chi connectivity index (χ1v) is 10.3. The van der Waals surface area contributed by atoms with Crippen LogP contribution in [0.3, 0.4) is 0 Å². The van der Waals surface area contributed by atoms with E-state index in [2.05, 4.69) is 37.9 Å². The summed E-state index contributed by atoms with van der Waals surface area (Å²) in [5.41, 5.74) is 0. The van der Waals surface area contributed by atoms with E-state index in [-0.39, 0.29) is 0 Å². The average Bonchev–Trinajstić information content (AvgIpc) is 2.60. The zero-order chi connectivity index (χ0) is 17.0.